The molecule has 1 amide bonds. The summed E-state index contributed by atoms with van der Waals surface area (Å²) in [6, 6.07) is 9.04. The molecule has 2 aromatic carbocycles. The van der Waals surface area contributed by atoms with Crippen molar-refractivity contribution >= 4 is 23.2 Å². The molecule has 26 heavy (non-hydrogen) atoms. The van der Waals surface area contributed by atoms with Crippen molar-refractivity contribution in [1.29, 1.82) is 0 Å². The number of carbonyl (C=O) groups excluding carboxylic acids is 1. The standard InChI is InChI=1S/C19H22ClFN2O3/c1-12(19(24)22-16-7-6-14(21)10-15(16)20)23(2)11-13-5-8-17(25-3)18(9-13)26-4/h5-10,12H,11H2,1-4H3,(H,22,24)/t12-/m1/s1. The Bertz CT molecular complexity index is 785. The Labute approximate surface area is 157 Å². The van der Waals surface area contributed by atoms with E-state index in [1.54, 1.807) is 21.1 Å². The van der Waals surface area contributed by atoms with Gasteiger partial charge in [0.15, 0.2) is 11.5 Å². The predicted octanol–water partition coefficient (Wildman–Crippen LogP) is 3.96. The van der Waals surface area contributed by atoms with E-state index in [0.29, 0.717) is 23.7 Å². The summed E-state index contributed by atoms with van der Waals surface area (Å²) in [5.74, 6) is 0.595. The van der Waals surface area contributed by atoms with E-state index in [4.69, 9.17) is 21.1 Å². The highest BCUT2D eigenvalue weighted by atomic mass is 35.5. The molecule has 0 bridgehead atoms. The summed E-state index contributed by atoms with van der Waals surface area (Å²) in [5.41, 5.74) is 1.36. The zero-order valence-electron chi connectivity index (χ0n) is 15.2. The van der Waals surface area contributed by atoms with Gasteiger partial charge in [-0.1, -0.05) is 17.7 Å². The summed E-state index contributed by atoms with van der Waals surface area (Å²) in [4.78, 5) is 14.3. The quantitative estimate of drug-likeness (QED) is 0.790. The summed E-state index contributed by atoms with van der Waals surface area (Å²) in [6.45, 7) is 2.32. The van der Waals surface area contributed by atoms with Crippen molar-refractivity contribution in [3.05, 3.63) is 52.8 Å². The largest absolute Gasteiger partial charge is 0.493 e. The van der Waals surface area contributed by atoms with Gasteiger partial charge in [-0.15, -0.1) is 0 Å². The zero-order chi connectivity index (χ0) is 19.3. The van der Waals surface area contributed by atoms with Crippen molar-refractivity contribution in [3.63, 3.8) is 0 Å². The number of hydrogen-bond donors (Lipinski definition) is 1. The molecule has 2 rings (SSSR count). The molecule has 0 aromatic heterocycles. The highest BCUT2D eigenvalue weighted by Crippen LogP contribution is 2.28. The number of hydrogen-bond acceptors (Lipinski definition) is 4. The van der Waals surface area contributed by atoms with Crippen LogP contribution in [-0.4, -0.2) is 38.1 Å². The number of nitrogens with zero attached hydrogens (tertiary/aromatic N) is 1. The van der Waals surface area contributed by atoms with Crippen LogP contribution in [-0.2, 0) is 11.3 Å². The molecule has 0 fully saturated rings. The molecular weight excluding hydrogens is 359 g/mol. The maximum Gasteiger partial charge on any atom is 0.241 e. The minimum absolute atomic E-state index is 0.160. The van der Waals surface area contributed by atoms with E-state index in [-0.39, 0.29) is 10.9 Å². The van der Waals surface area contributed by atoms with Crippen LogP contribution in [0.3, 0.4) is 0 Å². The Balaban J connectivity index is 2.04. The van der Waals surface area contributed by atoms with Crippen LogP contribution in [0.25, 0.3) is 0 Å². The van der Waals surface area contributed by atoms with Gasteiger partial charge >= 0.3 is 0 Å². The van der Waals surface area contributed by atoms with Crippen LogP contribution in [0.2, 0.25) is 5.02 Å². The van der Waals surface area contributed by atoms with Gasteiger partial charge in [0.2, 0.25) is 5.91 Å². The van der Waals surface area contributed by atoms with Gasteiger partial charge in [0.25, 0.3) is 0 Å². The van der Waals surface area contributed by atoms with Crippen LogP contribution >= 0.6 is 11.6 Å². The molecule has 0 aliphatic heterocycles. The van der Waals surface area contributed by atoms with Crippen molar-refractivity contribution in [3.8, 4) is 11.5 Å². The van der Waals surface area contributed by atoms with Crippen molar-refractivity contribution in [2.45, 2.75) is 19.5 Å². The molecule has 2 aromatic rings. The van der Waals surface area contributed by atoms with Gasteiger partial charge in [0, 0.05) is 6.54 Å². The fraction of sp³-hybridized carbons (Fsp3) is 0.316. The summed E-state index contributed by atoms with van der Waals surface area (Å²) in [6.07, 6.45) is 0. The third kappa shape index (κ3) is 4.86. The lowest BCUT2D eigenvalue weighted by atomic mass is 10.1. The molecule has 140 valence electrons. The van der Waals surface area contributed by atoms with E-state index in [0.717, 1.165) is 11.6 Å². The molecule has 7 heteroatoms. The summed E-state index contributed by atoms with van der Waals surface area (Å²) in [7, 11) is 5.00. The number of nitrogens with one attached hydrogen (secondary N) is 1. The highest BCUT2D eigenvalue weighted by Gasteiger charge is 2.20. The average Bonchev–Trinajstić information content (AvgIpc) is 2.63. The summed E-state index contributed by atoms with van der Waals surface area (Å²) < 4.78 is 23.6. The molecular formula is C19H22ClFN2O3. The topological polar surface area (TPSA) is 50.8 Å². The van der Waals surface area contributed by atoms with Crippen LogP contribution < -0.4 is 14.8 Å². The van der Waals surface area contributed by atoms with Crippen LogP contribution in [0.4, 0.5) is 10.1 Å². The van der Waals surface area contributed by atoms with Crippen molar-refractivity contribution in [2.75, 3.05) is 26.6 Å². The Kier molecular flexibility index (Phi) is 6.83. The first-order chi connectivity index (χ1) is 12.3. The normalized spacial score (nSPS) is 12.0. The fourth-order valence-corrected chi connectivity index (χ4v) is 2.65. The minimum atomic E-state index is -0.452. The van der Waals surface area contributed by atoms with Crippen LogP contribution in [0.5, 0.6) is 11.5 Å². The van der Waals surface area contributed by atoms with Gasteiger partial charge in [-0.25, -0.2) is 4.39 Å². The number of anilines is 1. The Morgan fingerprint density at radius 2 is 1.88 bits per heavy atom. The number of amides is 1. The van der Waals surface area contributed by atoms with Gasteiger partial charge in [0.05, 0.1) is 31.0 Å². The highest BCUT2D eigenvalue weighted by molar-refractivity contribution is 6.33. The molecule has 0 spiro atoms. The molecule has 0 unspecified atom stereocenters. The van der Waals surface area contributed by atoms with Crippen molar-refractivity contribution in [2.24, 2.45) is 0 Å². The number of benzene rings is 2. The molecule has 0 saturated heterocycles. The van der Waals surface area contributed by atoms with Crippen LogP contribution in [0.1, 0.15) is 12.5 Å². The smallest absolute Gasteiger partial charge is 0.241 e. The maximum atomic E-state index is 13.1. The summed E-state index contributed by atoms with van der Waals surface area (Å²) in [5, 5.41) is 2.88. The fourth-order valence-electron chi connectivity index (χ4n) is 2.43. The van der Waals surface area contributed by atoms with Gasteiger partial charge < -0.3 is 14.8 Å². The van der Waals surface area contributed by atoms with Crippen molar-refractivity contribution < 1.29 is 18.7 Å². The molecule has 0 heterocycles. The second-order valence-electron chi connectivity index (χ2n) is 5.89. The molecule has 0 aliphatic rings. The minimum Gasteiger partial charge on any atom is -0.493 e. The number of carbonyl (C=O) groups is 1. The maximum absolute atomic E-state index is 13.1. The zero-order valence-corrected chi connectivity index (χ0v) is 15.9. The predicted molar refractivity (Wildman–Crippen MR) is 101 cm³/mol. The number of methoxy groups -OCH3 is 2. The average molecular weight is 381 g/mol. The third-order valence-corrected chi connectivity index (χ3v) is 4.42. The monoisotopic (exact) mass is 380 g/mol. The van der Waals surface area contributed by atoms with E-state index < -0.39 is 11.9 Å². The van der Waals surface area contributed by atoms with Gasteiger partial charge in [-0.05, 0) is 49.9 Å². The van der Waals surface area contributed by atoms with Gasteiger partial charge in [0.1, 0.15) is 5.82 Å². The molecule has 1 N–H and O–H groups in total. The first-order valence-electron chi connectivity index (χ1n) is 8.02. The lowest BCUT2D eigenvalue weighted by Crippen LogP contribution is -2.39. The van der Waals surface area contributed by atoms with Crippen LogP contribution in [0.15, 0.2) is 36.4 Å². The number of ether oxygens (including phenoxy) is 2. The number of rotatable bonds is 7. The summed E-state index contributed by atoms with van der Waals surface area (Å²) >= 11 is 5.96. The van der Waals surface area contributed by atoms with E-state index in [1.165, 1.54) is 12.1 Å². The second kappa shape index (κ2) is 8.87. The lowest BCUT2D eigenvalue weighted by Gasteiger charge is -2.24. The van der Waals surface area contributed by atoms with Crippen molar-refractivity contribution in [1.82, 2.24) is 4.90 Å². The third-order valence-electron chi connectivity index (χ3n) is 4.11. The SMILES string of the molecule is COc1ccc(CN(C)[C@H](C)C(=O)Nc2ccc(F)cc2Cl)cc1OC. The van der Waals surface area contributed by atoms with Gasteiger partial charge in [-0.2, -0.15) is 0 Å². The van der Waals surface area contributed by atoms with Gasteiger partial charge in [-0.3, -0.25) is 9.69 Å². The Hall–Kier alpha value is -2.31. The number of halogens is 2. The second-order valence-corrected chi connectivity index (χ2v) is 6.30. The first kappa shape index (κ1) is 20.0. The van der Waals surface area contributed by atoms with Crippen LogP contribution in [0, 0.1) is 5.82 Å². The number of likely N-dealkylation sites (N-methyl/N-ethyl adjacent to an activating group) is 1. The van der Waals surface area contributed by atoms with E-state index in [2.05, 4.69) is 5.32 Å². The molecule has 1 atom stereocenters. The molecule has 0 radical (unpaired) electrons. The molecule has 0 aliphatic carbocycles. The van der Waals surface area contributed by atoms with E-state index in [9.17, 15) is 9.18 Å². The Morgan fingerprint density at radius 3 is 2.50 bits per heavy atom. The molecule has 0 saturated carbocycles. The first-order valence-corrected chi connectivity index (χ1v) is 8.40. The molecule has 5 nitrogen and oxygen atoms in total. The lowest BCUT2D eigenvalue weighted by molar-refractivity contribution is -0.120. The Morgan fingerprint density at radius 1 is 1.19 bits per heavy atom. The van der Waals surface area contributed by atoms with E-state index >= 15 is 0 Å². The van der Waals surface area contributed by atoms with E-state index in [1.807, 2.05) is 30.1 Å².